The molecule has 0 aromatic carbocycles. The Morgan fingerprint density at radius 3 is 2.45 bits per heavy atom. The number of hydrogen-bond acceptors (Lipinski definition) is 1. The first kappa shape index (κ1) is 5.15. The summed E-state index contributed by atoms with van der Waals surface area (Å²) in [5, 5.41) is 0. The van der Waals surface area contributed by atoms with Gasteiger partial charge in [-0.3, -0.25) is 0 Å². The highest BCUT2D eigenvalue weighted by Gasteiger charge is 2.39. The van der Waals surface area contributed by atoms with E-state index in [0.29, 0.717) is 0 Å². The molecule has 3 aliphatic carbocycles. The summed E-state index contributed by atoms with van der Waals surface area (Å²) in [6.07, 6.45) is 5.50. The van der Waals surface area contributed by atoms with Crippen LogP contribution in [0, 0.1) is 0 Å². The van der Waals surface area contributed by atoms with E-state index < -0.39 is 0 Å². The van der Waals surface area contributed by atoms with Crippen LogP contribution in [-0.2, 0) is 12.8 Å². The highest BCUT2D eigenvalue weighted by atomic mass is 32.1. The smallest absolute Gasteiger partial charge is 0.0386 e. The van der Waals surface area contributed by atoms with Gasteiger partial charge in [0.1, 0.15) is 0 Å². The molecule has 0 radical (unpaired) electrons. The first-order valence-electron chi connectivity index (χ1n) is 4.32. The van der Waals surface area contributed by atoms with E-state index in [4.69, 9.17) is 0 Å². The van der Waals surface area contributed by atoms with Crippen LogP contribution in [0.2, 0.25) is 0 Å². The molecule has 0 atom stereocenters. The molecule has 11 heavy (non-hydrogen) atoms. The number of fused-ring (bicyclic) bond motifs is 5. The van der Waals surface area contributed by atoms with Crippen LogP contribution in [0.15, 0.2) is 0 Å². The van der Waals surface area contributed by atoms with Crippen LogP contribution in [0.5, 0.6) is 0 Å². The van der Waals surface area contributed by atoms with Gasteiger partial charge in [0, 0.05) is 9.75 Å². The Balaban J connectivity index is 2.10. The van der Waals surface area contributed by atoms with E-state index >= 15 is 0 Å². The minimum Gasteiger partial charge on any atom is -0.140 e. The maximum Gasteiger partial charge on any atom is 0.0386 e. The quantitative estimate of drug-likeness (QED) is 0.547. The molecule has 0 unspecified atom stereocenters. The van der Waals surface area contributed by atoms with Gasteiger partial charge in [-0.15, -0.1) is 11.3 Å². The Bertz CT molecular complexity index is 407. The third kappa shape index (κ3) is 0.373. The second kappa shape index (κ2) is 1.34. The molecule has 0 amide bonds. The molecule has 0 fully saturated rings. The van der Waals surface area contributed by atoms with Crippen molar-refractivity contribution in [3.8, 4) is 0 Å². The summed E-state index contributed by atoms with van der Waals surface area (Å²) in [5.41, 5.74) is 6.89. The van der Waals surface area contributed by atoms with Crippen molar-refractivity contribution < 1.29 is 0 Å². The second-order valence-corrected chi connectivity index (χ2v) is 4.77. The van der Waals surface area contributed by atoms with E-state index in [0.717, 1.165) is 0 Å². The number of hydrogen-bond donors (Lipinski definition) is 0. The monoisotopic (exact) mass is 160 g/mol. The lowest BCUT2D eigenvalue weighted by atomic mass is 9.70. The summed E-state index contributed by atoms with van der Waals surface area (Å²) in [6.45, 7) is 0. The molecule has 1 aromatic rings. The van der Waals surface area contributed by atoms with E-state index in [1.807, 2.05) is 0 Å². The van der Waals surface area contributed by atoms with Crippen LogP contribution in [-0.4, -0.2) is 0 Å². The van der Waals surface area contributed by atoms with E-state index in [2.05, 4.69) is 11.3 Å². The van der Waals surface area contributed by atoms with Gasteiger partial charge in [-0.2, -0.15) is 0 Å². The molecule has 0 saturated carbocycles. The molecule has 0 spiro atoms. The summed E-state index contributed by atoms with van der Waals surface area (Å²) in [6, 6.07) is 0. The van der Waals surface area contributed by atoms with Crippen molar-refractivity contribution in [2.75, 3.05) is 0 Å². The number of allylic oxidation sites excluding steroid dienone is 2. The SMILES string of the molecule is C1CC2=C1c1sc3c(c12)CC3. The van der Waals surface area contributed by atoms with Crippen molar-refractivity contribution in [3.63, 3.8) is 0 Å². The minimum atomic E-state index is 1.37. The third-order valence-electron chi connectivity index (χ3n) is 3.26. The van der Waals surface area contributed by atoms with Crippen molar-refractivity contribution in [1.82, 2.24) is 0 Å². The lowest BCUT2D eigenvalue weighted by Crippen LogP contribution is -2.15. The average Bonchev–Trinajstić information content (AvgIpc) is 2.08. The predicted octanol–water partition coefficient (Wildman–Crippen LogP) is 2.86. The van der Waals surface area contributed by atoms with Crippen molar-refractivity contribution in [3.05, 3.63) is 20.9 Å². The summed E-state index contributed by atoms with van der Waals surface area (Å²) >= 11 is 2.07. The van der Waals surface area contributed by atoms with Crippen LogP contribution in [0.4, 0.5) is 0 Å². The van der Waals surface area contributed by atoms with E-state index in [9.17, 15) is 0 Å². The Kier molecular flexibility index (Phi) is 0.625. The molecule has 1 heteroatoms. The molecule has 0 bridgehead atoms. The Morgan fingerprint density at radius 1 is 0.909 bits per heavy atom. The van der Waals surface area contributed by atoms with Gasteiger partial charge in [-0.1, -0.05) is 0 Å². The lowest BCUT2D eigenvalue weighted by molar-refractivity contribution is 0.856. The van der Waals surface area contributed by atoms with Crippen LogP contribution >= 0.6 is 11.3 Å². The summed E-state index contributed by atoms with van der Waals surface area (Å²) in [7, 11) is 0. The number of thiophene rings is 1. The molecule has 0 aliphatic heterocycles. The maximum absolute atomic E-state index is 2.07. The molecule has 1 aromatic heterocycles. The highest BCUT2D eigenvalue weighted by molar-refractivity contribution is 7.14. The summed E-state index contributed by atoms with van der Waals surface area (Å²) < 4.78 is 0. The molecular formula is C10H8S. The van der Waals surface area contributed by atoms with Crippen molar-refractivity contribution in [1.29, 1.82) is 0 Å². The third-order valence-corrected chi connectivity index (χ3v) is 4.61. The summed E-state index contributed by atoms with van der Waals surface area (Å²) in [5.74, 6) is 0. The molecule has 1 heterocycles. The average molecular weight is 160 g/mol. The minimum absolute atomic E-state index is 1.37. The topological polar surface area (TPSA) is 0 Å². The zero-order chi connectivity index (χ0) is 7.00. The molecular weight excluding hydrogens is 152 g/mol. The van der Waals surface area contributed by atoms with Gasteiger partial charge in [-0.25, -0.2) is 0 Å². The molecule has 0 N–H and O–H groups in total. The van der Waals surface area contributed by atoms with Crippen molar-refractivity contribution >= 4 is 22.5 Å². The first-order valence-corrected chi connectivity index (χ1v) is 5.14. The largest absolute Gasteiger partial charge is 0.140 e. The van der Waals surface area contributed by atoms with Crippen LogP contribution < -0.4 is 0 Å². The van der Waals surface area contributed by atoms with Gasteiger partial charge in [-0.05, 0) is 48.0 Å². The Hall–Kier alpha value is -0.560. The first-order chi connectivity index (χ1) is 5.45. The normalized spacial score (nSPS) is 22.5. The fourth-order valence-corrected chi connectivity index (χ4v) is 3.89. The summed E-state index contributed by atoms with van der Waals surface area (Å²) in [4.78, 5) is 3.37. The van der Waals surface area contributed by atoms with Crippen LogP contribution in [0.1, 0.15) is 33.7 Å². The van der Waals surface area contributed by atoms with E-state index in [1.165, 1.54) is 25.7 Å². The highest BCUT2D eigenvalue weighted by Crippen LogP contribution is 2.60. The Labute approximate surface area is 69.6 Å². The van der Waals surface area contributed by atoms with Gasteiger partial charge >= 0.3 is 0 Å². The fourth-order valence-electron chi connectivity index (χ4n) is 2.41. The fraction of sp³-hybridized carbons (Fsp3) is 0.400. The number of rotatable bonds is 0. The molecule has 54 valence electrons. The van der Waals surface area contributed by atoms with Crippen molar-refractivity contribution in [2.45, 2.75) is 25.7 Å². The Morgan fingerprint density at radius 2 is 1.82 bits per heavy atom. The maximum atomic E-state index is 2.07. The number of aryl methyl sites for hydroxylation is 1. The second-order valence-electron chi connectivity index (χ2n) is 3.67. The zero-order valence-corrected chi connectivity index (χ0v) is 7.05. The standard InChI is InChI=1S/C10H8S/c1-2-6-5(1)9-7-3-4-8(7)11-10(6)9/h1-4H2. The zero-order valence-electron chi connectivity index (χ0n) is 6.24. The van der Waals surface area contributed by atoms with Gasteiger partial charge in [0.05, 0.1) is 0 Å². The lowest BCUT2D eigenvalue weighted by Gasteiger charge is -2.34. The van der Waals surface area contributed by atoms with Crippen LogP contribution in [0.3, 0.4) is 0 Å². The van der Waals surface area contributed by atoms with Gasteiger partial charge < -0.3 is 0 Å². The predicted molar refractivity (Wildman–Crippen MR) is 47.8 cm³/mol. The molecule has 4 rings (SSSR count). The van der Waals surface area contributed by atoms with Gasteiger partial charge in [0.25, 0.3) is 0 Å². The van der Waals surface area contributed by atoms with E-state index in [1.54, 1.807) is 32.0 Å². The molecule has 3 aliphatic rings. The van der Waals surface area contributed by atoms with Gasteiger partial charge in [0.15, 0.2) is 0 Å². The van der Waals surface area contributed by atoms with Crippen LogP contribution in [0.25, 0.3) is 11.1 Å². The van der Waals surface area contributed by atoms with Crippen molar-refractivity contribution in [2.24, 2.45) is 0 Å². The van der Waals surface area contributed by atoms with E-state index in [-0.39, 0.29) is 0 Å². The molecule has 0 saturated heterocycles. The van der Waals surface area contributed by atoms with Gasteiger partial charge in [0.2, 0.25) is 0 Å². The molecule has 0 nitrogen and oxygen atoms in total.